The summed E-state index contributed by atoms with van der Waals surface area (Å²) in [7, 11) is 0. The van der Waals surface area contributed by atoms with E-state index in [-0.39, 0.29) is 5.41 Å². The lowest BCUT2D eigenvalue weighted by atomic mass is 9.85. The molecule has 1 N–H and O–H groups in total. The van der Waals surface area contributed by atoms with Crippen LogP contribution in [-0.4, -0.2) is 16.5 Å². The van der Waals surface area contributed by atoms with Gasteiger partial charge in [-0.1, -0.05) is 39.0 Å². The SMILES string of the molecule is CC(C)(C)c1cccc2c(C=O)[nH]nc12. The lowest BCUT2D eigenvalue weighted by Gasteiger charge is -2.18. The molecule has 0 radical (unpaired) electrons. The zero-order valence-electron chi connectivity index (χ0n) is 9.16. The molecule has 0 saturated heterocycles. The summed E-state index contributed by atoms with van der Waals surface area (Å²) in [6.45, 7) is 6.41. The van der Waals surface area contributed by atoms with Crippen molar-refractivity contribution in [3.05, 3.63) is 29.5 Å². The molecule has 2 rings (SSSR count). The van der Waals surface area contributed by atoms with Crippen LogP contribution >= 0.6 is 0 Å². The number of aldehydes is 1. The van der Waals surface area contributed by atoms with E-state index in [9.17, 15) is 4.79 Å². The van der Waals surface area contributed by atoms with Crippen LogP contribution < -0.4 is 0 Å². The first-order valence-corrected chi connectivity index (χ1v) is 4.97. The van der Waals surface area contributed by atoms with Crippen LogP contribution in [0.5, 0.6) is 0 Å². The summed E-state index contributed by atoms with van der Waals surface area (Å²) >= 11 is 0. The van der Waals surface area contributed by atoms with Gasteiger partial charge < -0.3 is 0 Å². The number of benzene rings is 1. The van der Waals surface area contributed by atoms with Gasteiger partial charge in [-0.2, -0.15) is 5.10 Å². The number of H-pyrrole nitrogens is 1. The number of hydrogen-bond acceptors (Lipinski definition) is 2. The van der Waals surface area contributed by atoms with Crippen molar-refractivity contribution in [1.82, 2.24) is 10.2 Å². The van der Waals surface area contributed by atoms with Crippen LogP contribution in [0.4, 0.5) is 0 Å². The minimum Gasteiger partial charge on any atom is -0.296 e. The minimum absolute atomic E-state index is 0.0366. The summed E-state index contributed by atoms with van der Waals surface area (Å²) in [5.41, 5.74) is 2.64. The Morgan fingerprint density at radius 1 is 1.33 bits per heavy atom. The Bertz CT molecular complexity index is 506. The van der Waals surface area contributed by atoms with Crippen LogP contribution in [0.3, 0.4) is 0 Å². The topological polar surface area (TPSA) is 45.8 Å². The maximum Gasteiger partial charge on any atom is 0.168 e. The average molecular weight is 202 g/mol. The van der Waals surface area contributed by atoms with Crippen molar-refractivity contribution in [3.63, 3.8) is 0 Å². The molecule has 0 atom stereocenters. The number of nitrogens with one attached hydrogen (secondary N) is 1. The molecule has 15 heavy (non-hydrogen) atoms. The lowest BCUT2D eigenvalue weighted by molar-refractivity contribution is 0.112. The highest BCUT2D eigenvalue weighted by Gasteiger charge is 2.19. The number of rotatable bonds is 1. The Balaban J connectivity index is 2.78. The molecular formula is C12H14N2O. The fourth-order valence-electron chi connectivity index (χ4n) is 1.75. The van der Waals surface area contributed by atoms with E-state index in [1.54, 1.807) is 0 Å². The van der Waals surface area contributed by atoms with E-state index in [1.165, 1.54) is 0 Å². The van der Waals surface area contributed by atoms with E-state index in [0.717, 1.165) is 22.8 Å². The van der Waals surface area contributed by atoms with Gasteiger partial charge in [-0.15, -0.1) is 0 Å². The molecule has 0 spiro atoms. The third kappa shape index (κ3) is 1.54. The van der Waals surface area contributed by atoms with Crippen molar-refractivity contribution >= 4 is 17.2 Å². The first-order valence-electron chi connectivity index (χ1n) is 4.97. The fourth-order valence-corrected chi connectivity index (χ4v) is 1.75. The highest BCUT2D eigenvalue weighted by atomic mass is 16.1. The number of aromatic amines is 1. The van der Waals surface area contributed by atoms with Crippen molar-refractivity contribution in [3.8, 4) is 0 Å². The molecule has 0 unspecified atom stereocenters. The Labute approximate surface area is 88.5 Å². The van der Waals surface area contributed by atoms with Gasteiger partial charge in [0.05, 0.1) is 5.52 Å². The summed E-state index contributed by atoms with van der Waals surface area (Å²) in [6, 6.07) is 5.93. The van der Waals surface area contributed by atoms with Gasteiger partial charge >= 0.3 is 0 Å². The van der Waals surface area contributed by atoms with Gasteiger partial charge in [0.15, 0.2) is 6.29 Å². The van der Waals surface area contributed by atoms with Crippen molar-refractivity contribution in [2.45, 2.75) is 26.2 Å². The number of nitrogens with zero attached hydrogens (tertiary/aromatic N) is 1. The number of carbonyl (C=O) groups is 1. The molecule has 0 fully saturated rings. The molecule has 0 saturated carbocycles. The highest BCUT2D eigenvalue weighted by molar-refractivity contribution is 5.96. The zero-order chi connectivity index (χ0) is 11.1. The van der Waals surface area contributed by atoms with Gasteiger partial charge in [-0.3, -0.25) is 9.89 Å². The predicted octanol–water partition coefficient (Wildman–Crippen LogP) is 2.67. The van der Waals surface area contributed by atoms with Crippen molar-refractivity contribution < 1.29 is 4.79 Å². The third-order valence-corrected chi connectivity index (χ3v) is 2.54. The maximum absolute atomic E-state index is 10.8. The first-order chi connectivity index (χ1) is 7.04. The van der Waals surface area contributed by atoms with Crippen LogP contribution in [0.1, 0.15) is 36.8 Å². The van der Waals surface area contributed by atoms with Crippen LogP contribution in [0.15, 0.2) is 18.2 Å². The number of hydrogen-bond donors (Lipinski definition) is 1. The second-order valence-electron chi connectivity index (χ2n) is 4.71. The van der Waals surface area contributed by atoms with E-state index < -0.39 is 0 Å². The summed E-state index contributed by atoms with van der Waals surface area (Å²) < 4.78 is 0. The maximum atomic E-state index is 10.8. The van der Waals surface area contributed by atoms with Gasteiger partial charge in [-0.05, 0) is 11.0 Å². The normalized spacial score (nSPS) is 11.9. The summed E-state index contributed by atoms with van der Waals surface area (Å²) in [5.74, 6) is 0. The first kappa shape index (κ1) is 9.90. The van der Waals surface area contributed by atoms with Crippen molar-refractivity contribution in [2.24, 2.45) is 0 Å². The van der Waals surface area contributed by atoms with E-state index in [2.05, 4.69) is 37.0 Å². The van der Waals surface area contributed by atoms with Gasteiger partial charge in [0.25, 0.3) is 0 Å². The predicted molar refractivity (Wildman–Crippen MR) is 60.2 cm³/mol. The van der Waals surface area contributed by atoms with E-state index in [0.29, 0.717) is 5.69 Å². The molecule has 3 heteroatoms. The molecule has 3 nitrogen and oxygen atoms in total. The number of aromatic nitrogens is 2. The molecule has 0 aliphatic heterocycles. The Hall–Kier alpha value is -1.64. The molecule has 0 amide bonds. The second kappa shape index (κ2) is 3.19. The molecule has 2 aromatic rings. The molecule has 1 heterocycles. The monoisotopic (exact) mass is 202 g/mol. The second-order valence-corrected chi connectivity index (χ2v) is 4.71. The zero-order valence-corrected chi connectivity index (χ0v) is 9.16. The average Bonchev–Trinajstić information content (AvgIpc) is 2.58. The van der Waals surface area contributed by atoms with Crippen molar-refractivity contribution in [2.75, 3.05) is 0 Å². The number of para-hydroxylation sites is 1. The van der Waals surface area contributed by atoms with Crippen LogP contribution in [0.2, 0.25) is 0 Å². The van der Waals surface area contributed by atoms with Gasteiger partial charge in [0.1, 0.15) is 5.69 Å². The van der Waals surface area contributed by atoms with E-state index in [1.807, 2.05) is 12.1 Å². The fraction of sp³-hybridized carbons (Fsp3) is 0.333. The molecule has 1 aromatic heterocycles. The molecular weight excluding hydrogens is 188 g/mol. The quantitative estimate of drug-likeness (QED) is 0.722. The summed E-state index contributed by atoms with van der Waals surface area (Å²) in [5, 5.41) is 7.86. The van der Waals surface area contributed by atoms with Gasteiger partial charge in [0.2, 0.25) is 0 Å². The Kier molecular flexibility index (Phi) is 2.11. The highest BCUT2D eigenvalue weighted by Crippen LogP contribution is 2.29. The van der Waals surface area contributed by atoms with Crippen molar-refractivity contribution in [1.29, 1.82) is 0 Å². The Morgan fingerprint density at radius 2 is 2.07 bits per heavy atom. The summed E-state index contributed by atoms with van der Waals surface area (Å²) in [4.78, 5) is 10.8. The van der Waals surface area contributed by atoms with Crippen LogP contribution in [0.25, 0.3) is 10.9 Å². The third-order valence-electron chi connectivity index (χ3n) is 2.54. The molecule has 0 aliphatic rings. The minimum atomic E-state index is 0.0366. The standard InChI is InChI=1S/C12H14N2O/c1-12(2,3)9-6-4-5-8-10(7-15)13-14-11(8)9/h4-7H,1-3H3,(H,13,14). The molecule has 78 valence electrons. The summed E-state index contributed by atoms with van der Waals surface area (Å²) in [6.07, 6.45) is 0.807. The van der Waals surface area contributed by atoms with Crippen LogP contribution in [0, 0.1) is 0 Å². The molecule has 1 aromatic carbocycles. The smallest absolute Gasteiger partial charge is 0.168 e. The lowest BCUT2D eigenvalue weighted by Crippen LogP contribution is -2.11. The van der Waals surface area contributed by atoms with E-state index in [4.69, 9.17) is 0 Å². The molecule has 0 aliphatic carbocycles. The van der Waals surface area contributed by atoms with Gasteiger partial charge in [-0.25, -0.2) is 0 Å². The largest absolute Gasteiger partial charge is 0.296 e. The van der Waals surface area contributed by atoms with E-state index >= 15 is 0 Å². The Morgan fingerprint density at radius 3 is 2.67 bits per heavy atom. The van der Waals surface area contributed by atoms with Crippen LogP contribution in [-0.2, 0) is 5.41 Å². The number of carbonyl (C=O) groups excluding carboxylic acids is 1. The van der Waals surface area contributed by atoms with Gasteiger partial charge in [0, 0.05) is 5.39 Å². The molecule has 0 bridgehead atoms. The number of fused-ring (bicyclic) bond motifs is 1.